The summed E-state index contributed by atoms with van der Waals surface area (Å²) in [7, 11) is 1.40. The number of rotatable bonds is 4. The Morgan fingerprint density at radius 3 is 2.61 bits per heavy atom. The Labute approximate surface area is 103 Å². The SMILES string of the molecule is CN(CC(N)=O)C(=O)Nc1cccc(C(=O)O)c1. The molecule has 0 spiro atoms. The number of nitrogens with one attached hydrogen (secondary N) is 1. The number of carboxylic acids is 1. The van der Waals surface area contributed by atoms with E-state index in [0.29, 0.717) is 5.69 Å². The first-order valence-electron chi connectivity index (χ1n) is 5.04. The largest absolute Gasteiger partial charge is 0.478 e. The van der Waals surface area contributed by atoms with Crippen LogP contribution in [0.3, 0.4) is 0 Å². The summed E-state index contributed by atoms with van der Waals surface area (Å²) in [5, 5.41) is 11.2. The first-order chi connectivity index (χ1) is 8.40. The molecule has 0 heterocycles. The summed E-state index contributed by atoms with van der Waals surface area (Å²) in [5.74, 6) is -1.72. The van der Waals surface area contributed by atoms with Gasteiger partial charge < -0.3 is 21.1 Å². The molecule has 0 radical (unpaired) electrons. The highest BCUT2D eigenvalue weighted by Crippen LogP contribution is 2.11. The van der Waals surface area contributed by atoms with Crippen LogP contribution < -0.4 is 11.1 Å². The monoisotopic (exact) mass is 251 g/mol. The van der Waals surface area contributed by atoms with Gasteiger partial charge in [0.25, 0.3) is 0 Å². The van der Waals surface area contributed by atoms with Gasteiger partial charge in [0.05, 0.1) is 5.56 Å². The maximum atomic E-state index is 11.6. The predicted octanol–water partition coefficient (Wildman–Crippen LogP) is 0.334. The number of benzene rings is 1. The van der Waals surface area contributed by atoms with Crippen molar-refractivity contribution in [1.82, 2.24) is 4.90 Å². The molecule has 0 aliphatic heterocycles. The molecule has 1 aromatic rings. The third-order valence-electron chi connectivity index (χ3n) is 2.10. The summed E-state index contributed by atoms with van der Waals surface area (Å²) >= 11 is 0. The number of anilines is 1. The summed E-state index contributed by atoms with van der Waals surface area (Å²) in [6, 6.07) is 5.23. The van der Waals surface area contributed by atoms with E-state index in [1.165, 1.54) is 25.2 Å². The van der Waals surface area contributed by atoms with Gasteiger partial charge in [-0.15, -0.1) is 0 Å². The van der Waals surface area contributed by atoms with Gasteiger partial charge in [-0.25, -0.2) is 9.59 Å². The molecule has 0 saturated heterocycles. The maximum absolute atomic E-state index is 11.6. The molecule has 0 aliphatic carbocycles. The lowest BCUT2D eigenvalue weighted by Crippen LogP contribution is -2.38. The van der Waals surface area contributed by atoms with Crippen LogP contribution in [0.2, 0.25) is 0 Å². The van der Waals surface area contributed by atoms with Crippen LogP contribution in [0.5, 0.6) is 0 Å². The lowest BCUT2D eigenvalue weighted by Gasteiger charge is -2.16. The molecule has 0 saturated carbocycles. The molecule has 18 heavy (non-hydrogen) atoms. The number of primary amides is 1. The molecule has 0 aromatic heterocycles. The van der Waals surface area contributed by atoms with E-state index >= 15 is 0 Å². The smallest absolute Gasteiger partial charge is 0.335 e. The van der Waals surface area contributed by atoms with E-state index in [4.69, 9.17) is 10.8 Å². The van der Waals surface area contributed by atoms with Gasteiger partial charge in [0.1, 0.15) is 6.54 Å². The zero-order valence-electron chi connectivity index (χ0n) is 9.71. The molecule has 0 unspecified atom stereocenters. The molecule has 1 aromatic carbocycles. The van der Waals surface area contributed by atoms with E-state index in [0.717, 1.165) is 4.90 Å². The number of hydrogen-bond donors (Lipinski definition) is 3. The predicted molar refractivity (Wildman–Crippen MR) is 64.2 cm³/mol. The molecule has 96 valence electrons. The molecule has 0 fully saturated rings. The van der Waals surface area contributed by atoms with Crippen LogP contribution in [0.1, 0.15) is 10.4 Å². The van der Waals surface area contributed by atoms with Crippen molar-refractivity contribution in [2.45, 2.75) is 0 Å². The summed E-state index contributed by atoms with van der Waals surface area (Å²) in [6.45, 7) is -0.218. The van der Waals surface area contributed by atoms with Crippen LogP contribution in [-0.2, 0) is 4.79 Å². The number of hydrogen-bond acceptors (Lipinski definition) is 3. The van der Waals surface area contributed by atoms with Crippen molar-refractivity contribution >= 4 is 23.6 Å². The van der Waals surface area contributed by atoms with E-state index in [-0.39, 0.29) is 12.1 Å². The summed E-state index contributed by atoms with van der Waals surface area (Å²) in [6.07, 6.45) is 0. The second kappa shape index (κ2) is 5.67. The lowest BCUT2D eigenvalue weighted by molar-refractivity contribution is -0.118. The van der Waals surface area contributed by atoms with Crippen molar-refractivity contribution in [3.8, 4) is 0 Å². The van der Waals surface area contributed by atoms with Crippen molar-refractivity contribution in [3.63, 3.8) is 0 Å². The minimum atomic E-state index is -1.09. The Balaban J connectivity index is 2.72. The maximum Gasteiger partial charge on any atom is 0.335 e. The Morgan fingerprint density at radius 1 is 1.39 bits per heavy atom. The van der Waals surface area contributed by atoms with E-state index in [2.05, 4.69) is 5.32 Å². The van der Waals surface area contributed by atoms with E-state index in [9.17, 15) is 14.4 Å². The van der Waals surface area contributed by atoms with Gasteiger partial charge in [0, 0.05) is 12.7 Å². The van der Waals surface area contributed by atoms with E-state index in [1.54, 1.807) is 6.07 Å². The van der Waals surface area contributed by atoms with Gasteiger partial charge in [-0.05, 0) is 18.2 Å². The number of aromatic carboxylic acids is 1. The minimum Gasteiger partial charge on any atom is -0.478 e. The van der Waals surface area contributed by atoms with Crippen molar-refractivity contribution in [3.05, 3.63) is 29.8 Å². The van der Waals surface area contributed by atoms with Crippen LogP contribution in [-0.4, -0.2) is 41.5 Å². The standard InChI is InChI=1S/C11H13N3O4/c1-14(6-9(12)15)11(18)13-8-4-2-3-7(5-8)10(16)17/h2-5H,6H2,1H3,(H2,12,15)(H,13,18)(H,16,17). The summed E-state index contributed by atoms with van der Waals surface area (Å²) in [5.41, 5.74) is 5.34. The number of carboxylic acid groups (broad SMARTS) is 1. The molecule has 0 bridgehead atoms. The number of amides is 3. The second-order valence-electron chi connectivity index (χ2n) is 3.64. The van der Waals surface area contributed by atoms with Crippen molar-refractivity contribution < 1.29 is 19.5 Å². The first-order valence-corrected chi connectivity index (χ1v) is 5.04. The average molecular weight is 251 g/mol. The van der Waals surface area contributed by atoms with Crippen LogP contribution >= 0.6 is 0 Å². The highest BCUT2D eigenvalue weighted by atomic mass is 16.4. The number of carbonyl (C=O) groups excluding carboxylic acids is 2. The number of carbonyl (C=O) groups is 3. The van der Waals surface area contributed by atoms with Crippen molar-refractivity contribution in [2.75, 3.05) is 18.9 Å². The van der Waals surface area contributed by atoms with Gasteiger partial charge in [0.15, 0.2) is 0 Å². The fourth-order valence-electron chi connectivity index (χ4n) is 1.25. The number of nitrogens with two attached hydrogens (primary N) is 1. The van der Waals surface area contributed by atoms with Crippen LogP contribution in [0.25, 0.3) is 0 Å². The number of nitrogens with zero attached hydrogens (tertiary/aromatic N) is 1. The fraction of sp³-hybridized carbons (Fsp3) is 0.182. The van der Waals surface area contributed by atoms with Gasteiger partial charge >= 0.3 is 12.0 Å². The Morgan fingerprint density at radius 2 is 2.06 bits per heavy atom. The zero-order chi connectivity index (χ0) is 13.7. The Bertz CT molecular complexity index is 487. The summed E-state index contributed by atoms with van der Waals surface area (Å²) < 4.78 is 0. The fourth-order valence-corrected chi connectivity index (χ4v) is 1.25. The minimum absolute atomic E-state index is 0.0605. The van der Waals surface area contributed by atoms with Gasteiger partial charge in [-0.3, -0.25) is 4.79 Å². The van der Waals surface area contributed by atoms with Crippen molar-refractivity contribution in [1.29, 1.82) is 0 Å². The Kier molecular flexibility index (Phi) is 4.25. The van der Waals surface area contributed by atoms with E-state index < -0.39 is 17.9 Å². The quantitative estimate of drug-likeness (QED) is 0.715. The van der Waals surface area contributed by atoms with Gasteiger partial charge in [0.2, 0.25) is 5.91 Å². The van der Waals surface area contributed by atoms with Crippen LogP contribution in [0.4, 0.5) is 10.5 Å². The topological polar surface area (TPSA) is 113 Å². The third-order valence-corrected chi connectivity index (χ3v) is 2.10. The summed E-state index contributed by atoms with van der Waals surface area (Å²) in [4.78, 5) is 34.0. The van der Waals surface area contributed by atoms with Gasteiger partial charge in [-0.1, -0.05) is 6.07 Å². The molecule has 3 amide bonds. The molecule has 7 heteroatoms. The first kappa shape index (κ1) is 13.5. The number of likely N-dealkylation sites (N-methyl/N-ethyl adjacent to an activating group) is 1. The molecular weight excluding hydrogens is 238 g/mol. The van der Waals surface area contributed by atoms with Crippen molar-refractivity contribution in [2.24, 2.45) is 5.73 Å². The highest BCUT2D eigenvalue weighted by molar-refractivity contribution is 5.94. The second-order valence-corrected chi connectivity index (χ2v) is 3.64. The average Bonchev–Trinajstić information content (AvgIpc) is 2.28. The Hall–Kier alpha value is -2.57. The highest BCUT2D eigenvalue weighted by Gasteiger charge is 2.11. The third kappa shape index (κ3) is 3.78. The van der Waals surface area contributed by atoms with Crippen LogP contribution in [0, 0.1) is 0 Å². The molecule has 0 aliphatic rings. The lowest BCUT2D eigenvalue weighted by atomic mass is 10.2. The number of urea groups is 1. The molecule has 1 rings (SSSR count). The van der Waals surface area contributed by atoms with Crippen LogP contribution in [0.15, 0.2) is 24.3 Å². The normalized spacial score (nSPS) is 9.61. The molecule has 0 atom stereocenters. The molecule has 4 N–H and O–H groups in total. The van der Waals surface area contributed by atoms with Gasteiger partial charge in [-0.2, -0.15) is 0 Å². The zero-order valence-corrected chi connectivity index (χ0v) is 9.71. The molecule has 7 nitrogen and oxygen atoms in total. The molecular formula is C11H13N3O4. The van der Waals surface area contributed by atoms with E-state index in [1.807, 2.05) is 0 Å².